The van der Waals surface area contributed by atoms with E-state index in [2.05, 4.69) is 4.74 Å². The molecule has 5 heteroatoms. The molecule has 0 radical (unpaired) electrons. The molecule has 0 N–H and O–H groups in total. The number of likely N-dealkylation sites (N-methyl/N-ethyl adjacent to an activating group) is 1. The van der Waals surface area contributed by atoms with Gasteiger partial charge in [0.2, 0.25) is 6.23 Å². The summed E-state index contributed by atoms with van der Waals surface area (Å²) >= 11 is 0. The Morgan fingerprint density at radius 3 is 2.62 bits per heavy atom. The van der Waals surface area contributed by atoms with Crippen LogP contribution in [0.4, 0.5) is 4.79 Å². The van der Waals surface area contributed by atoms with Gasteiger partial charge in [-0.15, -0.1) is 0 Å². The zero-order valence-corrected chi connectivity index (χ0v) is 7.73. The van der Waals surface area contributed by atoms with E-state index in [1.54, 1.807) is 20.0 Å². The van der Waals surface area contributed by atoms with Gasteiger partial charge in [-0.25, -0.2) is 4.79 Å². The monoisotopic (exact) mass is 185 g/mol. The molecular formula is C8H11NO4. The van der Waals surface area contributed by atoms with Crippen molar-refractivity contribution in [1.29, 1.82) is 0 Å². The summed E-state index contributed by atoms with van der Waals surface area (Å²) < 4.78 is 9.08. The Balaban J connectivity index is 2.63. The molecule has 5 nitrogen and oxygen atoms in total. The summed E-state index contributed by atoms with van der Waals surface area (Å²) in [5, 5.41) is 0. The second kappa shape index (κ2) is 3.47. The van der Waals surface area contributed by atoms with E-state index < -0.39 is 12.4 Å². The summed E-state index contributed by atoms with van der Waals surface area (Å²) in [6.07, 6.45) is 0.134. The number of carbonyl (C=O) groups excluding carboxylic acids is 2. The van der Waals surface area contributed by atoms with Gasteiger partial charge < -0.3 is 14.4 Å². The molecule has 0 aromatic heterocycles. The summed E-state index contributed by atoms with van der Waals surface area (Å²) in [4.78, 5) is 23.3. The molecule has 0 bridgehead atoms. The van der Waals surface area contributed by atoms with Gasteiger partial charge in [0.15, 0.2) is 0 Å². The summed E-state index contributed by atoms with van der Waals surface area (Å²) in [6.45, 7) is 1.67. The van der Waals surface area contributed by atoms with Crippen LogP contribution in [-0.4, -0.2) is 37.3 Å². The highest BCUT2D eigenvalue weighted by Crippen LogP contribution is 2.16. The lowest BCUT2D eigenvalue weighted by atomic mass is 10.3. The maximum absolute atomic E-state index is 11.2. The first-order valence-corrected chi connectivity index (χ1v) is 3.76. The van der Waals surface area contributed by atoms with Crippen LogP contribution in [-0.2, 0) is 14.3 Å². The first kappa shape index (κ1) is 9.57. The summed E-state index contributed by atoms with van der Waals surface area (Å²) in [7, 11) is 2.78. The molecule has 1 aliphatic rings. The molecule has 1 heterocycles. The van der Waals surface area contributed by atoms with Gasteiger partial charge in [-0.1, -0.05) is 0 Å². The van der Waals surface area contributed by atoms with Crippen molar-refractivity contribution < 1.29 is 19.1 Å². The van der Waals surface area contributed by atoms with Gasteiger partial charge >= 0.3 is 6.16 Å². The van der Waals surface area contributed by atoms with Crippen molar-refractivity contribution in [3.63, 3.8) is 0 Å². The van der Waals surface area contributed by atoms with Gasteiger partial charge in [-0.3, -0.25) is 4.79 Å². The summed E-state index contributed by atoms with van der Waals surface area (Å²) in [5.74, 6) is -0.145. The fraction of sp³-hybridized carbons (Fsp3) is 0.500. The molecule has 1 rings (SSSR count). The minimum absolute atomic E-state index is 0.145. The number of carbonyl (C=O) groups is 2. The molecule has 72 valence electrons. The van der Waals surface area contributed by atoms with E-state index in [1.807, 2.05) is 0 Å². The maximum atomic E-state index is 11.2. The largest absolute Gasteiger partial charge is 0.510 e. The summed E-state index contributed by atoms with van der Waals surface area (Å²) in [5.41, 5.74) is 0.566. The second-order valence-corrected chi connectivity index (χ2v) is 2.73. The van der Waals surface area contributed by atoms with Crippen LogP contribution >= 0.6 is 0 Å². The van der Waals surface area contributed by atoms with Crippen molar-refractivity contribution in [1.82, 2.24) is 4.90 Å². The van der Waals surface area contributed by atoms with Gasteiger partial charge in [0.05, 0.1) is 7.11 Å². The van der Waals surface area contributed by atoms with Crippen molar-refractivity contribution >= 4 is 12.1 Å². The Bertz CT molecular complexity index is 271. The van der Waals surface area contributed by atoms with Gasteiger partial charge in [0.1, 0.15) is 0 Å². The lowest BCUT2D eigenvalue weighted by Crippen LogP contribution is -2.33. The normalized spacial score (nSPS) is 21.5. The van der Waals surface area contributed by atoms with Crippen LogP contribution in [0.3, 0.4) is 0 Å². The molecule has 1 unspecified atom stereocenters. The molecule has 0 saturated carbocycles. The Hall–Kier alpha value is -1.52. The highest BCUT2D eigenvalue weighted by atomic mass is 16.7. The molecule has 1 aliphatic heterocycles. The fourth-order valence-electron chi connectivity index (χ4n) is 1.05. The predicted octanol–water partition coefficient (Wildman–Crippen LogP) is 0.514. The van der Waals surface area contributed by atoms with Crippen LogP contribution in [0.2, 0.25) is 0 Å². The number of rotatable bonds is 1. The van der Waals surface area contributed by atoms with Crippen LogP contribution < -0.4 is 0 Å². The molecule has 0 saturated heterocycles. The highest BCUT2D eigenvalue weighted by molar-refractivity contribution is 5.95. The molecule has 0 aromatic carbocycles. The van der Waals surface area contributed by atoms with Crippen LogP contribution in [0.15, 0.2) is 11.6 Å². The topological polar surface area (TPSA) is 55.8 Å². The smallest absolute Gasteiger partial charge is 0.438 e. The lowest BCUT2D eigenvalue weighted by molar-refractivity contribution is -0.130. The Labute approximate surface area is 75.9 Å². The van der Waals surface area contributed by atoms with Gasteiger partial charge in [-0.2, -0.15) is 0 Å². The standard InChI is InChI=1S/C8H11NO4/c1-5-4-6(9(2)7(5)10)13-8(11)12-3/h4,6H,1-3H3. The second-order valence-electron chi connectivity index (χ2n) is 2.73. The Morgan fingerprint density at radius 2 is 2.23 bits per heavy atom. The number of nitrogens with zero attached hydrogens (tertiary/aromatic N) is 1. The average Bonchev–Trinajstić information content (AvgIpc) is 2.34. The SMILES string of the molecule is COC(=O)OC1C=C(C)C(=O)N1C. The van der Waals surface area contributed by atoms with Crippen molar-refractivity contribution in [2.45, 2.75) is 13.2 Å². The molecule has 13 heavy (non-hydrogen) atoms. The average molecular weight is 185 g/mol. The molecule has 0 fully saturated rings. The Morgan fingerprint density at radius 1 is 1.62 bits per heavy atom. The van der Waals surface area contributed by atoms with Crippen molar-refractivity contribution in [2.24, 2.45) is 0 Å². The third-order valence-electron chi connectivity index (χ3n) is 1.82. The molecule has 1 amide bonds. The first-order valence-electron chi connectivity index (χ1n) is 3.76. The number of methoxy groups -OCH3 is 1. The third kappa shape index (κ3) is 1.80. The van der Waals surface area contributed by atoms with Crippen LogP contribution in [0.5, 0.6) is 0 Å². The number of amides is 1. The van der Waals surface area contributed by atoms with Crippen molar-refractivity contribution in [3.8, 4) is 0 Å². The number of hydrogen-bond acceptors (Lipinski definition) is 4. The highest BCUT2D eigenvalue weighted by Gasteiger charge is 2.29. The van der Waals surface area contributed by atoms with E-state index in [-0.39, 0.29) is 5.91 Å². The quantitative estimate of drug-likeness (QED) is 0.558. The van der Waals surface area contributed by atoms with Crippen LogP contribution in [0.25, 0.3) is 0 Å². The van der Waals surface area contributed by atoms with Gasteiger partial charge in [-0.05, 0) is 13.0 Å². The predicted molar refractivity (Wildman–Crippen MR) is 43.8 cm³/mol. The molecule has 0 aromatic rings. The van der Waals surface area contributed by atoms with E-state index in [0.29, 0.717) is 5.57 Å². The molecule has 0 aliphatic carbocycles. The summed E-state index contributed by atoms with van der Waals surface area (Å²) in [6, 6.07) is 0. The maximum Gasteiger partial charge on any atom is 0.510 e. The lowest BCUT2D eigenvalue weighted by Gasteiger charge is -2.18. The molecular weight excluding hydrogens is 174 g/mol. The molecule has 1 atom stereocenters. The van der Waals surface area contributed by atoms with E-state index >= 15 is 0 Å². The van der Waals surface area contributed by atoms with Gasteiger partial charge in [0, 0.05) is 12.6 Å². The van der Waals surface area contributed by atoms with Crippen molar-refractivity contribution in [3.05, 3.63) is 11.6 Å². The van der Waals surface area contributed by atoms with E-state index in [0.717, 1.165) is 0 Å². The number of hydrogen-bond donors (Lipinski definition) is 0. The minimum Gasteiger partial charge on any atom is -0.438 e. The van der Waals surface area contributed by atoms with Crippen LogP contribution in [0.1, 0.15) is 6.92 Å². The van der Waals surface area contributed by atoms with E-state index in [4.69, 9.17) is 4.74 Å². The third-order valence-corrected chi connectivity index (χ3v) is 1.82. The number of ether oxygens (including phenoxy) is 2. The zero-order valence-electron chi connectivity index (χ0n) is 7.73. The van der Waals surface area contributed by atoms with E-state index in [9.17, 15) is 9.59 Å². The zero-order chi connectivity index (χ0) is 10.0. The first-order chi connectivity index (χ1) is 6.06. The van der Waals surface area contributed by atoms with Crippen LogP contribution in [0, 0.1) is 0 Å². The molecule has 0 spiro atoms. The fourth-order valence-corrected chi connectivity index (χ4v) is 1.05. The Kier molecular flexibility index (Phi) is 2.55. The van der Waals surface area contributed by atoms with Crippen molar-refractivity contribution in [2.75, 3.05) is 14.2 Å². The minimum atomic E-state index is -0.796. The van der Waals surface area contributed by atoms with Gasteiger partial charge in [0.25, 0.3) is 5.91 Å². The van der Waals surface area contributed by atoms with E-state index in [1.165, 1.54) is 12.0 Å².